The molecule has 1 aliphatic heterocycles. The van der Waals surface area contributed by atoms with E-state index in [9.17, 15) is 24.5 Å². The number of benzene rings is 3. The van der Waals surface area contributed by atoms with Crippen LogP contribution in [0.5, 0.6) is 0 Å². The summed E-state index contributed by atoms with van der Waals surface area (Å²) in [6.45, 7) is -0.151. The van der Waals surface area contributed by atoms with Crippen LogP contribution in [0.25, 0.3) is 0 Å². The topological polar surface area (TPSA) is 107 Å². The number of amides is 2. The molecule has 0 aromatic heterocycles. The van der Waals surface area contributed by atoms with E-state index in [-0.39, 0.29) is 44.7 Å². The van der Waals surface area contributed by atoms with Gasteiger partial charge in [-0.1, -0.05) is 35.3 Å². The highest BCUT2D eigenvalue weighted by molar-refractivity contribution is 6.44. The molecule has 0 spiro atoms. The van der Waals surface area contributed by atoms with Gasteiger partial charge in [-0.3, -0.25) is 19.7 Å². The SMILES string of the molecule is O=C(OCc1cccc([N+](=O)[O-])c1)c1ccc(N2C(=O)c3cc(Cl)c(Cl)cc3C2=O)cc1. The normalized spacial score (nSPS) is 12.6. The van der Waals surface area contributed by atoms with Crippen LogP contribution in [0.4, 0.5) is 11.4 Å². The number of imide groups is 1. The number of carbonyl (C=O) groups excluding carboxylic acids is 3. The molecule has 1 heterocycles. The molecule has 0 atom stereocenters. The van der Waals surface area contributed by atoms with Crippen molar-refractivity contribution in [2.45, 2.75) is 6.61 Å². The van der Waals surface area contributed by atoms with Crippen molar-refractivity contribution < 1.29 is 24.0 Å². The van der Waals surface area contributed by atoms with Gasteiger partial charge in [0.25, 0.3) is 17.5 Å². The van der Waals surface area contributed by atoms with Crippen molar-refractivity contribution in [1.29, 1.82) is 0 Å². The quantitative estimate of drug-likeness (QED) is 0.223. The van der Waals surface area contributed by atoms with Gasteiger partial charge in [0, 0.05) is 12.1 Å². The van der Waals surface area contributed by atoms with Gasteiger partial charge < -0.3 is 4.74 Å². The molecule has 8 nitrogen and oxygen atoms in total. The summed E-state index contributed by atoms with van der Waals surface area (Å²) in [5.41, 5.74) is 1.09. The molecule has 10 heteroatoms. The average Bonchev–Trinajstić information content (AvgIpc) is 3.02. The summed E-state index contributed by atoms with van der Waals surface area (Å²) >= 11 is 11.9. The second-order valence-electron chi connectivity index (χ2n) is 6.81. The minimum atomic E-state index is -0.663. The van der Waals surface area contributed by atoms with Crippen molar-refractivity contribution in [3.05, 3.63) is 103 Å². The second-order valence-corrected chi connectivity index (χ2v) is 7.62. The van der Waals surface area contributed by atoms with Gasteiger partial charge in [0.05, 0.1) is 37.3 Å². The Kier molecular flexibility index (Phi) is 5.65. The summed E-state index contributed by atoms with van der Waals surface area (Å²) in [6, 6.07) is 14.1. The summed E-state index contributed by atoms with van der Waals surface area (Å²) in [6.07, 6.45) is 0. The molecule has 0 saturated heterocycles. The maximum Gasteiger partial charge on any atom is 0.338 e. The Morgan fingerprint density at radius 3 is 2.09 bits per heavy atom. The van der Waals surface area contributed by atoms with Crippen LogP contribution in [0, 0.1) is 10.1 Å². The smallest absolute Gasteiger partial charge is 0.338 e. The average molecular weight is 471 g/mol. The monoisotopic (exact) mass is 470 g/mol. The minimum Gasteiger partial charge on any atom is -0.457 e. The molecule has 32 heavy (non-hydrogen) atoms. The van der Waals surface area contributed by atoms with Gasteiger partial charge in [0.1, 0.15) is 6.61 Å². The van der Waals surface area contributed by atoms with E-state index >= 15 is 0 Å². The van der Waals surface area contributed by atoms with Crippen molar-refractivity contribution in [3.8, 4) is 0 Å². The molecule has 0 N–H and O–H groups in total. The maximum absolute atomic E-state index is 12.7. The fourth-order valence-corrected chi connectivity index (χ4v) is 3.53. The minimum absolute atomic E-state index is 0.105. The molecule has 0 bridgehead atoms. The van der Waals surface area contributed by atoms with E-state index in [0.29, 0.717) is 5.56 Å². The third-order valence-electron chi connectivity index (χ3n) is 4.78. The number of nitro groups is 1. The van der Waals surface area contributed by atoms with E-state index in [1.54, 1.807) is 6.07 Å². The highest BCUT2D eigenvalue weighted by Gasteiger charge is 2.37. The highest BCUT2D eigenvalue weighted by atomic mass is 35.5. The van der Waals surface area contributed by atoms with Crippen LogP contribution in [-0.2, 0) is 11.3 Å². The number of rotatable bonds is 5. The number of ether oxygens (including phenoxy) is 1. The number of esters is 1. The zero-order valence-electron chi connectivity index (χ0n) is 16.1. The lowest BCUT2D eigenvalue weighted by atomic mass is 10.1. The Balaban J connectivity index is 1.48. The van der Waals surface area contributed by atoms with Crippen molar-refractivity contribution in [2.75, 3.05) is 4.90 Å². The van der Waals surface area contributed by atoms with Gasteiger partial charge in [0.15, 0.2) is 0 Å². The highest BCUT2D eigenvalue weighted by Crippen LogP contribution is 2.34. The standard InChI is InChI=1S/C22H12Cl2N2O6/c23-18-9-16-17(10-19(18)24)21(28)25(20(16)27)14-6-4-13(5-7-14)22(29)32-11-12-2-1-3-15(8-12)26(30)31/h1-10H,11H2. The van der Waals surface area contributed by atoms with Crippen LogP contribution in [0.15, 0.2) is 60.7 Å². The van der Waals surface area contributed by atoms with E-state index < -0.39 is 22.7 Å². The number of carbonyl (C=O) groups is 3. The molecule has 4 rings (SSSR count). The van der Waals surface area contributed by atoms with E-state index in [1.807, 2.05) is 0 Å². The molecule has 3 aromatic rings. The van der Waals surface area contributed by atoms with E-state index in [2.05, 4.69) is 0 Å². The van der Waals surface area contributed by atoms with Crippen LogP contribution in [-0.4, -0.2) is 22.7 Å². The molecular formula is C22H12Cl2N2O6. The van der Waals surface area contributed by atoms with E-state index in [0.717, 1.165) is 4.90 Å². The molecule has 1 aliphatic rings. The lowest BCUT2D eigenvalue weighted by Crippen LogP contribution is -2.29. The number of nitrogens with zero attached hydrogens (tertiary/aromatic N) is 2. The zero-order valence-corrected chi connectivity index (χ0v) is 17.6. The molecule has 160 valence electrons. The Morgan fingerprint density at radius 1 is 0.938 bits per heavy atom. The van der Waals surface area contributed by atoms with Gasteiger partial charge in [0.2, 0.25) is 0 Å². The van der Waals surface area contributed by atoms with Crippen molar-refractivity contribution in [2.24, 2.45) is 0 Å². The number of nitro benzene ring substituents is 1. The van der Waals surface area contributed by atoms with Gasteiger partial charge in [-0.05, 0) is 42.0 Å². The summed E-state index contributed by atoms with van der Waals surface area (Å²) in [7, 11) is 0. The molecular weight excluding hydrogens is 459 g/mol. The molecule has 0 unspecified atom stereocenters. The molecule has 0 saturated carbocycles. The van der Waals surface area contributed by atoms with E-state index in [1.165, 1.54) is 54.6 Å². The van der Waals surface area contributed by atoms with Gasteiger partial charge in [-0.2, -0.15) is 0 Å². The van der Waals surface area contributed by atoms with Gasteiger partial charge >= 0.3 is 5.97 Å². The van der Waals surface area contributed by atoms with Gasteiger partial charge in [-0.25, -0.2) is 9.69 Å². The predicted octanol–water partition coefficient (Wildman–Crippen LogP) is 5.06. The number of non-ortho nitro benzene ring substituents is 1. The first kappa shape index (κ1) is 21.5. The third kappa shape index (κ3) is 3.93. The lowest BCUT2D eigenvalue weighted by Gasteiger charge is -2.14. The molecule has 3 aromatic carbocycles. The second kappa shape index (κ2) is 8.41. The zero-order chi connectivity index (χ0) is 23.0. The predicted molar refractivity (Wildman–Crippen MR) is 116 cm³/mol. The summed E-state index contributed by atoms with van der Waals surface area (Å²) in [5.74, 6) is -1.77. The maximum atomic E-state index is 12.7. The van der Waals surface area contributed by atoms with Crippen LogP contribution in [0.3, 0.4) is 0 Å². The fraction of sp³-hybridized carbons (Fsp3) is 0.0455. The summed E-state index contributed by atoms with van der Waals surface area (Å²) in [5, 5.41) is 11.2. The summed E-state index contributed by atoms with van der Waals surface area (Å²) in [4.78, 5) is 49.0. The first-order valence-corrected chi connectivity index (χ1v) is 9.90. The van der Waals surface area contributed by atoms with Crippen molar-refractivity contribution in [3.63, 3.8) is 0 Å². The molecule has 0 aliphatic carbocycles. The number of fused-ring (bicyclic) bond motifs is 1. The Bertz CT molecular complexity index is 1250. The van der Waals surface area contributed by atoms with Crippen LogP contribution in [0.2, 0.25) is 10.0 Å². The van der Waals surface area contributed by atoms with Crippen LogP contribution in [0.1, 0.15) is 36.6 Å². The Morgan fingerprint density at radius 2 is 1.53 bits per heavy atom. The Hall–Kier alpha value is -3.75. The van der Waals surface area contributed by atoms with E-state index in [4.69, 9.17) is 27.9 Å². The van der Waals surface area contributed by atoms with Crippen molar-refractivity contribution in [1.82, 2.24) is 0 Å². The number of halogens is 2. The molecule has 0 radical (unpaired) electrons. The lowest BCUT2D eigenvalue weighted by molar-refractivity contribution is -0.384. The number of anilines is 1. The molecule has 2 amide bonds. The fourth-order valence-electron chi connectivity index (χ4n) is 3.21. The first-order chi connectivity index (χ1) is 15.3. The van der Waals surface area contributed by atoms with Crippen LogP contribution >= 0.6 is 23.2 Å². The Labute approximate surface area is 191 Å². The van der Waals surface area contributed by atoms with Crippen LogP contribution < -0.4 is 4.90 Å². The number of hydrogen-bond acceptors (Lipinski definition) is 6. The van der Waals surface area contributed by atoms with Gasteiger partial charge in [-0.15, -0.1) is 0 Å². The number of hydrogen-bond donors (Lipinski definition) is 0. The first-order valence-electron chi connectivity index (χ1n) is 9.14. The molecule has 0 fully saturated rings. The third-order valence-corrected chi connectivity index (χ3v) is 5.50. The largest absolute Gasteiger partial charge is 0.457 e. The summed E-state index contributed by atoms with van der Waals surface area (Å²) < 4.78 is 5.20. The van der Waals surface area contributed by atoms with Crippen molar-refractivity contribution >= 4 is 52.4 Å².